The SMILES string of the molecule is CS(=O)(=O)c1ccc(CN=C(N)NC2CCOc3ccccc32)cc1Cl. The van der Waals surface area contributed by atoms with E-state index in [4.69, 9.17) is 22.1 Å². The molecule has 138 valence electrons. The van der Waals surface area contributed by atoms with Gasteiger partial charge in [-0.3, -0.25) is 0 Å². The van der Waals surface area contributed by atoms with E-state index in [1.165, 1.54) is 6.07 Å². The van der Waals surface area contributed by atoms with Crippen LogP contribution in [0.5, 0.6) is 5.75 Å². The largest absolute Gasteiger partial charge is 0.493 e. The normalized spacial score (nSPS) is 17.3. The van der Waals surface area contributed by atoms with Gasteiger partial charge in [-0.15, -0.1) is 0 Å². The number of hydrogen-bond donors (Lipinski definition) is 2. The summed E-state index contributed by atoms with van der Waals surface area (Å²) in [6, 6.07) is 12.6. The van der Waals surface area contributed by atoms with Crippen molar-refractivity contribution in [1.29, 1.82) is 0 Å². The Labute approximate surface area is 157 Å². The van der Waals surface area contributed by atoms with Crippen molar-refractivity contribution in [3.63, 3.8) is 0 Å². The fraction of sp³-hybridized carbons (Fsp3) is 0.278. The van der Waals surface area contributed by atoms with Crippen LogP contribution in [0.4, 0.5) is 0 Å². The highest BCUT2D eigenvalue weighted by Crippen LogP contribution is 2.31. The number of sulfone groups is 1. The van der Waals surface area contributed by atoms with Gasteiger partial charge < -0.3 is 15.8 Å². The number of nitrogens with two attached hydrogens (primary N) is 1. The van der Waals surface area contributed by atoms with E-state index in [2.05, 4.69) is 10.3 Å². The molecule has 1 unspecified atom stereocenters. The van der Waals surface area contributed by atoms with Crippen molar-refractivity contribution >= 4 is 27.4 Å². The number of rotatable bonds is 4. The summed E-state index contributed by atoms with van der Waals surface area (Å²) in [7, 11) is -3.35. The van der Waals surface area contributed by atoms with Crippen molar-refractivity contribution in [3.05, 3.63) is 58.6 Å². The smallest absolute Gasteiger partial charge is 0.189 e. The van der Waals surface area contributed by atoms with Gasteiger partial charge in [0.1, 0.15) is 5.75 Å². The fourth-order valence-electron chi connectivity index (χ4n) is 2.84. The number of para-hydroxylation sites is 1. The molecule has 1 atom stereocenters. The zero-order valence-corrected chi connectivity index (χ0v) is 15.8. The summed E-state index contributed by atoms with van der Waals surface area (Å²) in [6.45, 7) is 0.915. The third-order valence-electron chi connectivity index (χ3n) is 4.11. The molecule has 26 heavy (non-hydrogen) atoms. The quantitative estimate of drug-likeness (QED) is 0.615. The van der Waals surface area contributed by atoms with E-state index in [-0.39, 0.29) is 16.0 Å². The second kappa shape index (κ2) is 7.55. The molecule has 0 fully saturated rings. The minimum Gasteiger partial charge on any atom is -0.493 e. The first-order chi connectivity index (χ1) is 12.3. The highest BCUT2D eigenvalue weighted by Gasteiger charge is 2.21. The molecule has 2 aromatic carbocycles. The minimum atomic E-state index is -3.35. The molecule has 0 saturated heterocycles. The molecule has 1 heterocycles. The zero-order chi connectivity index (χ0) is 18.7. The molecule has 1 aliphatic rings. The maximum Gasteiger partial charge on any atom is 0.189 e. The molecule has 3 rings (SSSR count). The van der Waals surface area contributed by atoms with E-state index >= 15 is 0 Å². The van der Waals surface area contributed by atoms with E-state index in [1.807, 2.05) is 24.3 Å². The standard InChI is InChI=1S/C18H20ClN3O3S/c1-26(23,24)17-7-6-12(10-14(17)19)11-21-18(20)22-15-8-9-25-16-5-3-2-4-13(15)16/h2-7,10,15H,8-9,11H2,1H3,(H3,20,21,22). The number of benzene rings is 2. The Morgan fingerprint density at radius 3 is 2.85 bits per heavy atom. The van der Waals surface area contributed by atoms with Gasteiger partial charge in [0.05, 0.1) is 29.1 Å². The van der Waals surface area contributed by atoms with Crippen molar-refractivity contribution in [2.75, 3.05) is 12.9 Å². The molecule has 3 N–H and O–H groups in total. The number of nitrogens with one attached hydrogen (secondary N) is 1. The zero-order valence-electron chi connectivity index (χ0n) is 14.3. The number of ether oxygens (including phenoxy) is 1. The van der Waals surface area contributed by atoms with Crippen molar-refractivity contribution < 1.29 is 13.2 Å². The molecule has 2 aromatic rings. The van der Waals surface area contributed by atoms with Gasteiger partial charge in [-0.2, -0.15) is 0 Å². The molecule has 8 heteroatoms. The lowest BCUT2D eigenvalue weighted by atomic mass is 10.0. The summed E-state index contributed by atoms with van der Waals surface area (Å²) < 4.78 is 28.8. The highest BCUT2D eigenvalue weighted by molar-refractivity contribution is 7.90. The summed E-state index contributed by atoms with van der Waals surface area (Å²) in [5.41, 5.74) is 7.85. The lowest BCUT2D eigenvalue weighted by Crippen LogP contribution is -2.37. The predicted octanol–water partition coefficient (Wildman–Crippen LogP) is 2.67. The molecule has 0 aliphatic carbocycles. The monoisotopic (exact) mass is 393 g/mol. The molecule has 0 radical (unpaired) electrons. The van der Waals surface area contributed by atoms with E-state index in [1.54, 1.807) is 12.1 Å². The van der Waals surface area contributed by atoms with Crippen LogP contribution in [-0.2, 0) is 16.4 Å². The third-order valence-corrected chi connectivity index (χ3v) is 5.69. The lowest BCUT2D eigenvalue weighted by molar-refractivity contribution is 0.262. The Kier molecular flexibility index (Phi) is 5.38. The molecule has 0 bridgehead atoms. The van der Waals surface area contributed by atoms with Crippen LogP contribution in [0.15, 0.2) is 52.4 Å². The molecule has 0 amide bonds. The van der Waals surface area contributed by atoms with E-state index < -0.39 is 9.84 Å². The Balaban J connectivity index is 1.69. The van der Waals surface area contributed by atoms with Crippen LogP contribution in [0.1, 0.15) is 23.6 Å². The highest BCUT2D eigenvalue weighted by atomic mass is 35.5. The number of aliphatic imine (C=N–C) groups is 1. The summed E-state index contributed by atoms with van der Waals surface area (Å²) in [4.78, 5) is 4.44. The number of fused-ring (bicyclic) bond motifs is 1. The molecular weight excluding hydrogens is 374 g/mol. The number of guanidine groups is 1. The van der Waals surface area contributed by atoms with Gasteiger partial charge in [0.25, 0.3) is 0 Å². The van der Waals surface area contributed by atoms with Crippen LogP contribution in [-0.4, -0.2) is 27.2 Å². The van der Waals surface area contributed by atoms with Gasteiger partial charge in [0.2, 0.25) is 0 Å². The Hall–Kier alpha value is -2.25. The van der Waals surface area contributed by atoms with Gasteiger partial charge in [-0.1, -0.05) is 35.9 Å². The maximum atomic E-state index is 11.6. The number of hydrogen-bond acceptors (Lipinski definition) is 4. The average Bonchev–Trinajstić information content (AvgIpc) is 2.59. The first-order valence-corrected chi connectivity index (χ1v) is 10.4. The van der Waals surface area contributed by atoms with E-state index in [0.29, 0.717) is 19.1 Å². The third kappa shape index (κ3) is 4.28. The maximum absolute atomic E-state index is 11.6. The molecule has 0 saturated carbocycles. The van der Waals surface area contributed by atoms with E-state index in [0.717, 1.165) is 29.6 Å². The summed E-state index contributed by atoms with van der Waals surface area (Å²) >= 11 is 6.05. The van der Waals surface area contributed by atoms with Crippen LogP contribution >= 0.6 is 11.6 Å². The second-order valence-electron chi connectivity index (χ2n) is 6.11. The number of nitrogens with zero attached hydrogens (tertiary/aromatic N) is 1. The molecular formula is C18H20ClN3O3S. The van der Waals surface area contributed by atoms with Gasteiger partial charge >= 0.3 is 0 Å². The van der Waals surface area contributed by atoms with Gasteiger partial charge in [-0.25, -0.2) is 13.4 Å². The fourth-order valence-corrected chi connectivity index (χ4v) is 4.19. The van der Waals surface area contributed by atoms with Crippen LogP contribution in [0, 0.1) is 0 Å². The van der Waals surface area contributed by atoms with Crippen LogP contribution in [0.25, 0.3) is 0 Å². The summed E-state index contributed by atoms with van der Waals surface area (Å²) in [5.74, 6) is 1.17. The topological polar surface area (TPSA) is 93.8 Å². The van der Waals surface area contributed by atoms with Gasteiger partial charge in [0, 0.05) is 18.2 Å². The second-order valence-corrected chi connectivity index (χ2v) is 8.50. The first kappa shape index (κ1) is 18.5. The molecule has 0 spiro atoms. The minimum absolute atomic E-state index is 0.0416. The van der Waals surface area contributed by atoms with Crippen LogP contribution < -0.4 is 15.8 Å². The summed E-state index contributed by atoms with van der Waals surface area (Å²) in [5, 5.41) is 3.40. The molecule has 6 nitrogen and oxygen atoms in total. The predicted molar refractivity (Wildman–Crippen MR) is 102 cm³/mol. The Bertz CT molecular complexity index is 944. The number of halogens is 1. The van der Waals surface area contributed by atoms with Crippen molar-refractivity contribution in [2.45, 2.75) is 23.9 Å². The van der Waals surface area contributed by atoms with E-state index in [9.17, 15) is 8.42 Å². The summed E-state index contributed by atoms with van der Waals surface area (Å²) in [6.07, 6.45) is 1.92. The van der Waals surface area contributed by atoms with Crippen LogP contribution in [0.2, 0.25) is 5.02 Å². The van der Waals surface area contributed by atoms with Crippen molar-refractivity contribution in [3.8, 4) is 5.75 Å². The Morgan fingerprint density at radius 1 is 1.35 bits per heavy atom. The van der Waals surface area contributed by atoms with Gasteiger partial charge in [-0.05, 0) is 23.8 Å². The van der Waals surface area contributed by atoms with Gasteiger partial charge in [0.15, 0.2) is 15.8 Å². The van der Waals surface area contributed by atoms with Crippen molar-refractivity contribution in [2.24, 2.45) is 10.7 Å². The average molecular weight is 394 g/mol. The van der Waals surface area contributed by atoms with Crippen molar-refractivity contribution in [1.82, 2.24) is 5.32 Å². The van der Waals surface area contributed by atoms with Crippen LogP contribution in [0.3, 0.4) is 0 Å². The lowest BCUT2D eigenvalue weighted by Gasteiger charge is -2.26. The molecule has 1 aliphatic heterocycles. The molecule has 0 aromatic heterocycles. The Morgan fingerprint density at radius 2 is 2.12 bits per heavy atom. The first-order valence-electron chi connectivity index (χ1n) is 8.11.